The monoisotopic (exact) mass is 730 g/mol. The highest BCUT2D eigenvalue weighted by Crippen LogP contribution is 2.39. The molecule has 0 aromatic carbocycles. The van der Waals surface area contributed by atoms with Gasteiger partial charge < -0.3 is 31.1 Å². The van der Waals surface area contributed by atoms with Gasteiger partial charge in [0.05, 0.1) is 30.8 Å². The normalized spacial score (nSPS) is 30.3. The molecule has 4 rings (SSSR count). The van der Waals surface area contributed by atoms with Crippen molar-refractivity contribution in [1.29, 1.82) is 0 Å². The number of rotatable bonds is 9. The number of carbonyl (C=O) groups excluding carboxylic acids is 6. The van der Waals surface area contributed by atoms with Gasteiger partial charge in [-0.2, -0.15) is 0 Å². The predicted octanol–water partition coefficient (Wildman–Crippen LogP) is 2.25. The first-order valence-corrected chi connectivity index (χ1v) is 19.3. The number of piperidine rings is 1. The van der Waals surface area contributed by atoms with E-state index in [-0.39, 0.29) is 55.2 Å². The molecule has 14 heteroatoms. The quantitative estimate of drug-likeness (QED) is 0.135. The number of aliphatic hydroxyl groups is 1. The zero-order chi connectivity index (χ0) is 38.2. The van der Waals surface area contributed by atoms with Crippen LogP contribution in [-0.4, -0.2) is 114 Å². The second-order valence-corrected chi connectivity index (χ2v) is 16.5. The Morgan fingerprint density at radius 3 is 2.29 bits per heavy atom. The Morgan fingerprint density at radius 1 is 1.00 bits per heavy atom. The van der Waals surface area contributed by atoms with Gasteiger partial charge in [-0.3, -0.25) is 33.8 Å². The largest absolute Gasteiger partial charge is 0.379 e. The van der Waals surface area contributed by atoms with E-state index < -0.39 is 59.4 Å². The van der Waals surface area contributed by atoms with Crippen LogP contribution in [-0.2, 0) is 28.7 Å². The van der Waals surface area contributed by atoms with Gasteiger partial charge in [0, 0.05) is 38.1 Å². The first kappa shape index (κ1) is 41.4. The minimum absolute atomic E-state index is 0.0248. The van der Waals surface area contributed by atoms with E-state index >= 15 is 0 Å². The summed E-state index contributed by atoms with van der Waals surface area (Å²) in [5.41, 5.74) is -0.525. The Morgan fingerprint density at radius 2 is 1.65 bits per heavy atom. The van der Waals surface area contributed by atoms with Crippen LogP contribution in [0.2, 0.25) is 0 Å². The van der Waals surface area contributed by atoms with Crippen LogP contribution in [0.3, 0.4) is 0 Å². The summed E-state index contributed by atoms with van der Waals surface area (Å²) in [6, 6.07) is -4.00. The Hall–Kier alpha value is -3.36. The maximum atomic E-state index is 14.1. The average Bonchev–Trinajstić information content (AvgIpc) is 3.75. The molecule has 4 aliphatic rings. The zero-order valence-electron chi connectivity index (χ0n) is 31.8. The van der Waals surface area contributed by atoms with Gasteiger partial charge in [0.1, 0.15) is 6.23 Å². The highest BCUT2D eigenvalue weighted by molar-refractivity contribution is 6.38. The van der Waals surface area contributed by atoms with E-state index in [0.29, 0.717) is 51.7 Å². The smallest absolute Gasteiger partial charge is 0.315 e. The Kier molecular flexibility index (Phi) is 14.8. The van der Waals surface area contributed by atoms with E-state index in [0.717, 1.165) is 25.7 Å². The Labute approximate surface area is 308 Å². The van der Waals surface area contributed by atoms with Crippen LogP contribution in [0.1, 0.15) is 98.8 Å². The van der Waals surface area contributed by atoms with Crippen LogP contribution < -0.4 is 21.3 Å². The summed E-state index contributed by atoms with van der Waals surface area (Å²) in [6.45, 7) is 14.3. The third-order valence-electron chi connectivity index (χ3n) is 11.3. The number of nitrogens with zero attached hydrogens (tertiary/aromatic N) is 2. The lowest BCUT2D eigenvalue weighted by molar-refractivity contribution is -0.153. The molecule has 14 nitrogen and oxygen atoms in total. The van der Waals surface area contributed by atoms with Gasteiger partial charge in [-0.05, 0) is 55.8 Å². The molecule has 0 spiro atoms. The fraction of sp³-hybridized carbons (Fsp3) is 0.789. The van der Waals surface area contributed by atoms with Crippen LogP contribution in [0.5, 0.6) is 0 Å². The minimum Gasteiger partial charge on any atom is -0.379 e. The third-order valence-corrected chi connectivity index (χ3v) is 11.3. The minimum atomic E-state index is -1.34. The molecule has 8 atom stereocenters. The number of aliphatic hydroxyl groups excluding tert-OH is 1. The number of fused-ring (bicyclic) bond motifs is 3. The molecule has 3 saturated heterocycles. The van der Waals surface area contributed by atoms with Gasteiger partial charge in [0.15, 0.2) is 0 Å². The summed E-state index contributed by atoms with van der Waals surface area (Å²) in [4.78, 5) is 83.1. The van der Waals surface area contributed by atoms with Crippen LogP contribution in [0.25, 0.3) is 0 Å². The number of likely N-dealkylation sites (tertiary alicyclic amines) is 1. The number of hydrogen-bond acceptors (Lipinski definition) is 9. The predicted molar refractivity (Wildman–Crippen MR) is 194 cm³/mol. The van der Waals surface area contributed by atoms with Gasteiger partial charge in [-0.25, -0.2) is 4.79 Å². The lowest BCUT2D eigenvalue weighted by Gasteiger charge is -2.39. The Bertz CT molecular complexity index is 1290. The highest BCUT2D eigenvalue weighted by atomic mass is 16.5. The molecule has 0 aromatic rings. The standard InChI is InChI=1S/C38H62N6O8/c1-7-17-39-33(47)31(45)27-13-11-9-8-10-12-19-52-22-28(36(50)43-18-16-26(23(2)3)30(43)32(46)40-27)41-37(51)42-29(38(4,5)6)21-44-34(48)24-14-15-25(20-24)35(44)49/h7,23-30,36,50H,1,8-22H2,2-6H3,(H,39,47)(H,40,46)(H2,41,42,51)/t24?,25?,26-,27+,28+,29-,30+,36?/m1/s1. The van der Waals surface area contributed by atoms with Crippen LogP contribution in [0.4, 0.5) is 4.79 Å². The van der Waals surface area contributed by atoms with Gasteiger partial charge >= 0.3 is 6.03 Å². The fourth-order valence-electron chi connectivity index (χ4n) is 8.09. The number of Topliss-reactive ketones (excluding diaryl/α,β-unsaturated/α-hetero) is 1. The van der Waals surface area contributed by atoms with Crippen molar-refractivity contribution in [2.75, 3.05) is 32.8 Å². The highest BCUT2D eigenvalue weighted by Gasteiger charge is 2.48. The summed E-state index contributed by atoms with van der Waals surface area (Å²) < 4.78 is 6.00. The molecular weight excluding hydrogens is 668 g/mol. The number of hydrogen-bond donors (Lipinski definition) is 5. The molecule has 1 aliphatic carbocycles. The van der Waals surface area contributed by atoms with Crippen molar-refractivity contribution in [1.82, 2.24) is 31.1 Å². The van der Waals surface area contributed by atoms with E-state index in [1.165, 1.54) is 11.0 Å². The van der Waals surface area contributed by atoms with E-state index in [1.54, 1.807) is 4.90 Å². The van der Waals surface area contributed by atoms with Gasteiger partial charge in [0.2, 0.25) is 23.5 Å². The van der Waals surface area contributed by atoms with Crippen molar-refractivity contribution in [3.8, 4) is 0 Å². The molecule has 6 amide bonds. The number of ether oxygens (including phenoxy) is 1. The Balaban J connectivity index is 1.55. The molecule has 52 heavy (non-hydrogen) atoms. The molecular formula is C38H62N6O8. The van der Waals surface area contributed by atoms with Crippen LogP contribution in [0, 0.1) is 29.1 Å². The third kappa shape index (κ3) is 10.4. The number of carbonyl (C=O) groups is 6. The maximum Gasteiger partial charge on any atom is 0.315 e. The lowest BCUT2D eigenvalue weighted by Crippen LogP contribution is -2.63. The molecule has 292 valence electrons. The second-order valence-electron chi connectivity index (χ2n) is 16.5. The van der Waals surface area contributed by atoms with Crippen LogP contribution in [0.15, 0.2) is 12.7 Å². The molecule has 0 aromatic heterocycles. The first-order valence-electron chi connectivity index (χ1n) is 19.3. The summed E-state index contributed by atoms with van der Waals surface area (Å²) >= 11 is 0. The first-order chi connectivity index (χ1) is 24.6. The SMILES string of the molecule is C=CCNC(=O)C(=O)[C@@H]1CCCCCCCOC[C@H](NC(=O)N[C@H](CN2C(=O)C3CCC(C3)C2=O)C(C)(C)C)C(O)N2CC[C@H](C(C)C)[C@H]2C(=O)N1. The van der Waals surface area contributed by atoms with Crippen molar-refractivity contribution in [2.45, 2.75) is 129 Å². The van der Waals surface area contributed by atoms with Crippen molar-refractivity contribution in [3.05, 3.63) is 12.7 Å². The van der Waals surface area contributed by atoms with Gasteiger partial charge in [-0.1, -0.05) is 66.4 Å². The number of imide groups is 1. The van der Waals surface area contributed by atoms with Crippen molar-refractivity contribution in [3.63, 3.8) is 0 Å². The van der Waals surface area contributed by atoms with E-state index in [4.69, 9.17) is 4.74 Å². The molecule has 3 unspecified atom stereocenters. The van der Waals surface area contributed by atoms with E-state index in [1.807, 2.05) is 34.6 Å². The maximum absolute atomic E-state index is 14.1. The molecule has 3 aliphatic heterocycles. The van der Waals surface area contributed by atoms with Crippen molar-refractivity contribution >= 4 is 35.4 Å². The number of urea groups is 1. The van der Waals surface area contributed by atoms with Crippen LogP contribution >= 0.6 is 0 Å². The van der Waals surface area contributed by atoms with E-state index in [2.05, 4.69) is 27.8 Å². The summed E-state index contributed by atoms with van der Waals surface area (Å²) in [5.74, 6) is -2.78. The molecule has 1 saturated carbocycles. The number of ketones is 1. The summed E-state index contributed by atoms with van der Waals surface area (Å²) in [7, 11) is 0. The molecule has 2 bridgehead atoms. The molecule has 5 N–H and O–H groups in total. The average molecular weight is 731 g/mol. The second kappa shape index (κ2) is 18.6. The number of amides is 6. The van der Waals surface area contributed by atoms with Crippen molar-refractivity contribution < 1.29 is 38.6 Å². The van der Waals surface area contributed by atoms with Crippen molar-refractivity contribution in [2.24, 2.45) is 29.1 Å². The topological polar surface area (TPSA) is 186 Å². The summed E-state index contributed by atoms with van der Waals surface area (Å²) in [5, 5.41) is 23.2. The zero-order valence-corrected chi connectivity index (χ0v) is 31.8. The van der Waals surface area contributed by atoms with Gasteiger partial charge in [0.25, 0.3) is 5.91 Å². The van der Waals surface area contributed by atoms with Gasteiger partial charge in [-0.15, -0.1) is 6.58 Å². The summed E-state index contributed by atoms with van der Waals surface area (Å²) in [6.07, 6.45) is 6.99. The molecule has 0 radical (unpaired) electrons. The molecule has 3 heterocycles. The fourth-order valence-corrected chi connectivity index (χ4v) is 8.09. The molecule has 4 fully saturated rings. The lowest BCUT2D eigenvalue weighted by atomic mass is 9.85. The van der Waals surface area contributed by atoms with E-state index in [9.17, 15) is 33.9 Å². The number of nitrogens with one attached hydrogen (secondary N) is 4.